The fraction of sp³-hybridized carbons (Fsp3) is 0.325. The van der Waals surface area contributed by atoms with Gasteiger partial charge in [-0.05, 0) is 68.0 Å². The number of aliphatic hydroxyl groups is 2. The maximum atomic E-state index is 14.4. The van der Waals surface area contributed by atoms with E-state index in [-0.39, 0.29) is 37.8 Å². The molecule has 5 rings (SSSR count). The van der Waals surface area contributed by atoms with E-state index in [0.29, 0.717) is 41.3 Å². The summed E-state index contributed by atoms with van der Waals surface area (Å²) in [5.41, 5.74) is 6.43. The molecule has 5 aromatic rings. The maximum absolute atomic E-state index is 14.4. The van der Waals surface area contributed by atoms with E-state index < -0.39 is 24.0 Å². The minimum absolute atomic E-state index is 0.0291. The van der Waals surface area contributed by atoms with Crippen LogP contribution in [0.5, 0.6) is 0 Å². The lowest BCUT2D eigenvalue weighted by molar-refractivity contribution is -0.143. The summed E-state index contributed by atoms with van der Waals surface area (Å²) in [6.45, 7) is 4.50. The van der Waals surface area contributed by atoms with Crippen molar-refractivity contribution in [2.45, 2.75) is 70.9 Å². The Hall–Kier alpha value is -5.10. The van der Waals surface area contributed by atoms with E-state index in [1.807, 2.05) is 73.0 Å². The molecule has 2 atom stereocenters. The van der Waals surface area contributed by atoms with Gasteiger partial charge in [-0.2, -0.15) is 0 Å². The van der Waals surface area contributed by atoms with Gasteiger partial charge in [0.15, 0.2) is 5.76 Å². The number of esters is 1. The van der Waals surface area contributed by atoms with Crippen LogP contribution in [0.15, 0.2) is 89.5 Å². The van der Waals surface area contributed by atoms with Gasteiger partial charge in [0.2, 0.25) is 0 Å². The molecule has 1 amide bonds. The molecule has 10 nitrogen and oxygen atoms in total. The van der Waals surface area contributed by atoms with Crippen LogP contribution in [0.2, 0.25) is 0 Å². The zero-order chi connectivity index (χ0) is 36.5. The highest BCUT2D eigenvalue weighted by Gasteiger charge is 2.30. The quantitative estimate of drug-likeness (QED) is 0.0950. The number of aliphatic hydroxyl groups excluding tert-OH is 2. The van der Waals surface area contributed by atoms with Crippen molar-refractivity contribution in [2.24, 2.45) is 0 Å². The van der Waals surface area contributed by atoms with Gasteiger partial charge in [-0.1, -0.05) is 65.8 Å². The number of aromatic nitrogens is 2. The van der Waals surface area contributed by atoms with E-state index in [2.05, 4.69) is 15.2 Å². The van der Waals surface area contributed by atoms with Crippen LogP contribution in [0.3, 0.4) is 0 Å². The second-order valence-corrected chi connectivity index (χ2v) is 12.7. The highest BCUT2D eigenvalue weighted by atomic mass is 19.1. The van der Waals surface area contributed by atoms with Crippen molar-refractivity contribution in [1.82, 2.24) is 15.0 Å². The number of rotatable bonds is 16. The van der Waals surface area contributed by atoms with E-state index in [4.69, 9.17) is 9.26 Å². The Kier molecular flexibility index (Phi) is 12.5. The van der Waals surface area contributed by atoms with E-state index in [1.165, 1.54) is 19.2 Å². The number of carbonyl (C=O) groups excluding carboxylic acids is 2. The highest BCUT2D eigenvalue weighted by Crippen LogP contribution is 2.42. The van der Waals surface area contributed by atoms with Crippen molar-refractivity contribution >= 4 is 11.9 Å². The summed E-state index contributed by atoms with van der Waals surface area (Å²) in [6, 6.07) is 25.0. The molecule has 11 heteroatoms. The van der Waals surface area contributed by atoms with E-state index in [1.54, 1.807) is 25.3 Å². The standard InChI is InChI=1S/C40H44FN3O7/c1-25(2)44-34(18-17-32(45)21-33(46)22-36(47)50-4)37(28-13-15-30(41)16-14-28)38(27-10-6-5-7-11-27)39(44)40(48)42-23-31-20-35(51-43-31)29-12-8-9-26(19-29)24-49-3/h5-16,19-20,25,32-33,45-46H,17-18,21-24H2,1-4H3,(H,42,48)/t32-,33-/m1/s1. The molecule has 0 aliphatic carbocycles. The number of ether oxygens (including phenoxy) is 2. The van der Waals surface area contributed by atoms with E-state index in [0.717, 1.165) is 27.9 Å². The van der Waals surface area contributed by atoms with Crippen molar-refractivity contribution in [2.75, 3.05) is 14.2 Å². The molecule has 3 aromatic carbocycles. The Balaban J connectivity index is 1.53. The van der Waals surface area contributed by atoms with Crippen LogP contribution in [0.4, 0.5) is 4.39 Å². The van der Waals surface area contributed by atoms with Gasteiger partial charge in [-0.25, -0.2) is 4.39 Å². The third kappa shape index (κ3) is 9.18. The summed E-state index contributed by atoms with van der Waals surface area (Å²) >= 11 is 0. The summed E-state index contributed by atoms with van der Waals surface area (Å²) in [7, 11) is 2.88. The summed E-state index contributed by atoms with van der Waals surface area (Å²) in [6.07, 6.45) is -1.74. The van der Waals surface area contributed by atoms with Crippen LogP contribution in [-0.4, -0.2) is 58.2 Å². The molecule has 2 aromatic heterocycles. The number of hydrogen-bond acceptors (Lipinski definition) is 8. The molecule has 0 radical (unpaired) electrons. The van der Waals surface area contributed by atoms with Crippen molar-refractivity contribution in [3.05, 3.63) is 113 Å². The van der Waals surface area contributed by atoms with Gasteiger partial charge >= 0.3 is 5.97 Å². The molecule has 0 aliphatic rings. The second kappa shape index (κ2) is 17.2. The first kappa shape index (κ1) is 37.2. The van der Waals surface area contributed by atoms with Crippen LogP contribution >= 0.6 is 0 Å². The number of methoxy groups -OCH3 is 2. The fourth-order valence-electron chi connectivity index (χ4n) is 6.35. The Morgan fingerprint density at radius 3 is 2.29 bits per heavy atom. The predicted molar refractivity (Wildman–Crippen MR) is 191 cm³/mol. The van der Waals surface area contributed by atoms with Crippen LogP contribution < -0.4 is 5.32 Å². The smallest absolute Gasteiger partial charge is 0.308 e. The lowest BCUT2D eigenvalue weighted by atomic mass is 9.92. The Morgan fingerprint density at radius 2 is 1.61 bits per heavy atom. The number of nitrogens with one attached hydrogen (secondary N) is 1. The van der Waals surface area contributed by atoms with Gasteiger partial charge < -0.3 is 34.1 Å². The van der Waals surface area contributed by atoms with E-state index >= 15 is 0 Å². The molecule has 51 heavy (non-hydrogen) atoms. The fourth-order valence-corrected chi connectivity index (χ4v) is 6.35. The average molecular weight is 698 g/mol. The molecule has 268 valence electrons. The van der Waals surface area contributed by atoms with Crippen molar-refractivity contribution in [3.8, 4) is 33.6 Å². The minimum Gasteiger partial charge on any atom is -0.469 e. The summed E-state index contributed by atoms with van der Waals surface area (Å²) in [5, 5.41) is 28.6. The Bertz CT molecular complexity index is 1920. The van der Waals surface area contributed by atoms with Crippen LogP contribution in [-0.2, 0) is 33.8 Å². The number of hydrogen-bond donors (Lipinski definition) is 3. The molecule has 0 saturated carbocycles. The number of halogens is 1. The summed E-state index contributed by atoms with van der Waals surface area (Å²) in [4.78, 5) is 26.1. The molecule has 0 unspecified atom stereocenters. The van der Waals surface area contributed by atoms with Gasteiger partial charge in [0.25, 0.3) is 5.91 Å². The maximum Gasteiger partial charge on any atom is 0.308 e. The first-order chi connectivity index (χ1) is 24.6. The Morgan fingerprint density at radius 1 is 0.902 bits per heavy atom. The van der Waals surface area contributed by atoms with Gasteiger partial charge in [-0.15, -0.1) is 0 Å². The molecule has 0 aliphatic heterocycles. The predicted octanol–water partition coefficient (Wildman–Crippen LogP) is 6.88. The molecular weight excluding hydrogens is 653 g/mol. The number of amides is 1. The van der Waals surface area contributed by atoms with Crippen LogP contribution in [0, 0.1) is 5.82 Å². The zero-order valence-electron chi connectivity index (χ0n) is 29.3. The normalized spacial score (nSPS) is 12.5. The monoisotopic (exact) mass is 697 g/mol. The van der Waals surface area contributed by atoms with E-state index in [9.17, 15) is 24.2 Å². The number of nitrogens with zero attached hydrogens (tertiary/aromatic N) is 2. The van der Waals surface area contributed by atoms with Crippen molar-refractivity contribution in [3.63, 3.8) is 0 Å². The third-order valence-electron chi connectivity index (χ3n) is 8.63. The summed E-state index contributed by atoms with van der Waals surface area (Å²) < 4.78 is 31.7. The van der Waals surface area contributed by atoms with Gasteiger partial charge in [-0.3, -0.25) is 9.59 Å². The molecular formula is C40H44FN3O7. The van der Waals surface area contributed by atoms with Gasteiger partial charge in [0, 0.05) is 41.6 Å². The number of carbonyl (C=O) groups is 2. The lowest BCUT2D eigenvalue weighted by Gasteiger charge is -2.20. The minimum atomic E-state index is -1.08. The number of benzene rings is 3. The lowest BCUT2D eigenvalue weighted by Crippen LogP contribution is -2.27. The SMILES string of the molecule is COCc1cccc(-c2cc(CNC(=O)c3c(-c4ccccc4)c(-c4ccc(F)cc4)c(CC[C@@H](O)C[C@@H](O)CC(=O)OC)n3C(C)C)no2)c1. The van der Waals surface area contributed by atoms with Crippen LogP contribution in [0.25, 0.3) is 33.6 Å². The first-order valence-electron chi connectivity index (χ1n) is 16.9. The second-order valence-electron chi connectivity index (χ2n) is 12.7. The largest absolute Gasteiger partial charge is 0.469 e. The topological polar surface area (TPSA) is 136 Å². The average Bonchev–Trinajstić information content (AvgIpc) is 3.74. The highest BCUT2D eigenvalue weighted by molar-refractivity contribution is 6.05. The van der Waals surface area contributed by atoms with Gasteiger partial charge in [0.05, 0.1) is 38.9 Å². The molecule has 2 heterocycles. The Labute approximate surface area is 296 Å². The molecule has 0 bridgehead atoms. The third-order valence-corrected chi connectivity index (χ3v) is 8.63. The van der Waals surface area contributed by atoms with Crippen molar-refractivity contribution in [1.29, 1.82) is 0 Å². The van der Waals surface area contributed by atoms with Crippen molar-refractivity contribution < 1.29 is 38.2 Å². The first-order valence-corrected chi connectivity index (χ1v) is 16.9. The zero-order valence-corrected chi connectivity index (χ0v) is 29.3. The van der Waals surface area contributed by atoms with Gasteiger partial charge in [0.1, 0.15) is 17.2 Å². The molecule has 0 spiro atoms. The van der Waals surface area contributed by atoms with Crippen LogP contribution in [0.1, 0.15) is 66.6 Å². The molecule has 3 N–H and O–H groups in total. The summed E-state index contributed by atoms with van der Waals surface area (Å²) in [5.74, 6) is -0.750. The molecule has 0 fully saturated rings. The molecule has 0 saturated heterocycles.